The number of benzene rings is 2. The predicted octanol–water partition coefficient (Wildman–Crippen LogP) is 4.56. The van der Waals surface area contributed by atoms with Crippen LogP contribution in [-0.4, -0.2) is 13.0 Å². The van der Waals surface area contributed by atoms with Gasteiger partial charge < -0.3 is 10.1 Å². The van der Waals surface area contributed by atoms with Crippen LogP contribution in [0.3, 0.4) is 0 Å². The molecule has 0 bridgehead atoms. The molecule has 0 aliphatic rings. The Morgan fingerprint density at radius 1 is 1.04 bits per heavy atom. The molecule has 1 N–H and O–H groups in total. The van der Waals surface area contributed by atoms with Gasteiger partial charge in [-0.25, -0.2) is 0 Å². The molecule has 0 spiro atoms. The minimum atomic E-state index is -0.00519. The average molecular weight is 311 g/mol. The molecule has 0 unspecified atom stereocenters. The highest BCUT2D eigenvalue weighted by Crippen LogP contribution is 2.24. The molecule has 3 nitrogen and oxygen atoms in total. The molecule has 2 aromatic carbocycles. The molecule has 2 rings (SSSR count). The maximum atomic E-state index is 12.1. The average Bonchev–Trinajstić information content (AvgIpc) is 2.53. The molecule has 0 radical (unpaired) electrons. The number of nitrogens with one attached hydrogen (secondary N) is 1. The second-order valence-electron chi connectivity index (χ2n) is 6.70. The van der Waals surface area contributed by atoms with E-state index in [0.29, 0.717) is 17.9 Å². The summed E-state index contributed by atoms with van der Waals surface area (Å²) in [6.45, 7) is 6.59. The Morgan fingerprint density at radius 2 is 1.70 bits per heavy atom. The lowest BCUT2D eigenvalue weighted by molar-refractivity contribution is -0.116. The molecule has 0 aromatic heterocycles. The molecule has 0 aliphatic carbocycles. The van der Waals surface area contributed by atoms with Gasteiger partial charge >= 0.3 is 0 Å². The van der Waals surface area contributed by atoms with E-state index < -0.39 is 0 Å². The van der Waals surface area contributed by atoms with E-state index in [2.05, 4.69) is 50.4 Å². The summed E-state index contributed by atoms with van der Waals surface area (Å²) in [4.78, 5) is 12.1. The Bertz CT molecular complexity index is 654. The number of carbonyl (C=O) groups excluding carboxylic acids is 1. The van der Waals surface area contributed by atoms with Crippen LogP contribution in [0.15, 0.2) is 48.5 Å². The van der Waals surface area contributed by atoms with Crippen molar-refractivity contribution in [2.45, 2.75) is 39.0 Å². The summed E-state index contributed by atoms with van der Waals surface area (Å²) < 4.78 is 5.24. The lowest BCUT2D eigenvalue weighted by Crippen LogP contribution is -2.13. The Balaban J connectivity index is 1.92. The molecule has 0 saturated heterocycles. The second-order valence-corrected chi connectivity index (χ2v) is 6.70. The number of para-hydroxylation sites is 2. The molecule has 0 aliphatic heterocycles. The summed E-state index contributed by atoms with van der Waals surface area (Å²) in [7, 11) is 1.60. The number of anilines is 1. The number of methoxy groups -OCH3 is 1. The third kappa shape index (κ3) is 4.85. The topological polar surface area (TPSA) is 38.3 Å². The van der Waals surface area contributed by atoms with Gasteiger partial charge in [0.2, 0.25) is 5.91 Å². The van der Waals surface area contributed by atoms with E-state index in [9.17, 15) is 4.79 Å². The van der Waals surface area contributed by atoms with E-state index >= 15 is 0 Å². The molecule has 122 valence electrons. The van der Waals surface area contributed by atoms with Crippen LogP contribution in [0.25, 0.3) is 0 Å². The number of ether oxygens (including phenoxy) is 1. The molecule has 0 saturated carbocycles. The fourth-order valence-electron chi connectivity index (χ4n) is 2.39. The van der Waals surface area contributed by atoms with Gasteiger partial charge in [0.25, 0.3) is 0 Å². The summed E-state index contributed by atoms with van der Waals surface area (Å²) in [6, 6.07) is 15.9. The molecule has 0 heterocycles. The fraction of sp³-hybridized carbons (Fsp3) is 0.350. The minimum Gasteiger partial charge on any atom is -0.495 e. The smallest absolute Gasteiger partial charge is 0.224 e. The zero-order chi connectivity index (χ0) is 16.9. The van der Waals surface area contributed by atoms with Crippen molar-refractivity contribution >= 4 is 11.6 Å². The van der Waals surface area contributed by atoms with Gasteiger partial charge in [-0.2, -0.15) is 0 Å². The quantitative estimate of drug-likeness (QED) is 0.879. The van der Waals surface area contributed by atoms with E-state index in [1.165, 1.54) is 11.1 Å². The molecular weight excluding hydrogens is 286 g/mol. The van der Waals surface area contributed by atoms with Crippen molar-refractivity contribution in [3.8, 4) is 5.75 Å². The number of amides is 1. The van der Waals surface area contributed by atoms with Crippen LogP contribution in [0.4, 0.5) is 5.69 Å². The monoisotopic (exact) mass is 311 g/mol. The standard InChI is InChI=1S/C20H25NO2/c1-20(2,3)16-12-9-15(10-13-16)11-14-19(22)21-17-7-5-6-8-18(17)23-4/h5-10,12-13H,11,14H2,1-4H3,(H,21,22). The highest BCUT2D eigenvalue weighted by molar-refractivity contribution is 5.92. The van der Waals surface area contributed by atoms with Gasteiger partial charge in [-0.05, 0) is 35.1 Å². The fourth-order valence-corrected chi connectivity index (χ4v) is 2.39. The maximum absolute atomic E-state index is 12.1. The summed E-state index contributed by atoms with van der Waals surface area (Å²) in [5.74, 6) is 0.671. The molecule has 23 heavy (non-hydrogen) atoms. The second kappa shape index (κ2) is 7.32. The lowest BCUT2D eigenvalue weighted by Gasteiger charge is -2.19. The largest absolute Gasteiger partial charge is 0.495 e. The van der Waals surface area contributed by atoms with Crippen molar-refractivity contribution in [2.24, 2.45) is 0 Å². The summed E-state index contributed by atoms with van der Waals surface area (Å²) in [5.41, 5.74) is 3.34. The van der Waals surface area contributed by atoms with Crippen molar-refractivity contribution in [1.82, 2.24) is 0 Å². The Morgan fingerprint density at radius 3 is 2.30 bits per heavy atom. The number of carbonyl (C=O) groups is 1. The number of aryl methyl sites for hydroxylation is 1. The van der Waals surface area contributed by atoms with Crippen LogP contribution in [0.1, 0.15) is 38.3 Å². The highest BCUT2D eigenvalue weighted by Gasteiger charge is 2.13. The molecule has 0 fully saturated rings. The number of rotatable bonds is 5. The Labute approximate surface area is 138 Å². The van der Waals surface area contributed by atoms with E-state index in [1.54, 1.807) is 7.11 Å². The Hall–Kier alpha value is -2.29. The molecule has 2 aromatic rings. The van der Waals surface area contributed by atoms with Crippen molar-refractivity contribution in [3.63, 3.8) is 0 Å². The minimum absolute atomic E-state index is 0.00519. The van der Waals surface area contributed by atoms with E-state index in [1.807, 2.05) is 24.3 Å². The normalized spacial score (nSPS) is 11.1. The van der Waals surface area contributed by atoms with Crippen LogP contribution >= 0.6 is 0 Å². The van der Waals surface area contributed by atoms with Gasteiger partial charge in [0.15, 0.2) is 0 Å². The zero-order valence-electron chi connectivity index (χ0n) is 14.3. The van der Waals surface area contributed by atoms with E-state index in [0.717, 1.165) is 6.42 Å². The van der Waals surface area contributed by atoms with Gasteiger partial charge in [0.05, 0.1) is 12.8 Å². The first-order valence-corrected chi connectivity index (χ1v) is 7.92. The molecule has 0 atom stereocenters. The number of hydrogen-bond donors (Lipinski definition) is 1. The maximum Gasteiger partial charge on any atom is 0.224 e. The van der Waals surface area contributed by atoms with Crippen LogP contribution in [-0.2, 0) is 16.6 Å². The van der Waals surface area contributed by atoms with Gasteiger partial charge in [-0.3, -0.25) is 4.79 Å². The lowest BCUT2D eigenvalue weighted by atomic mass is 9.86. The first-order chi connectivity index (χ1) is 10.9. The van der Waals surface area contributed by atoms with Gasteiger partial charge in [0, 0.05) is 6.42 Å². The van der Waals surface area contributed by atoms with Crippen molar-refractivity contribution in [1.29, 1.82) is 0 Å². The van der Waals surface area contributed by atoms with Gasteiger partial charge in [-0.15, -0.1) is 0 Å². The predicted molar refractivity (Wildman–Crippen MR) is 95.1 cm³/mol. The first kappa shape index (κ1) is 17.1. The third-order valence-electron chi connectivity index (χ3n) is 3.84. The summed E-state index contributed by atoms with van der Waals surface area (Å²) >= 11 is 0. The van der Waals surface area contributed by atoms with Gasteiger partial charge in [0.1, 0.15) is 5.75 Å². The summed E-state index contributed by atoms with van der Waals surface area (Å²) in [6.07, 6.45) is 1.18. The van der Waals surface area contributed by atoms with Crippen LogP contribution < -0.4 is 10.1 Å². The molecule has 3 heteroatoms. The third-order valence-corrected chi connectivity index (χ3v) is 3.84. The van der Waals surface area contributed by atoms with E-state index in [-0.39, 0.29) is 11.3 Å². The van der Waals surface area contributed by atoms with Crippen LogP contribution in [0, 0.1) is 0 Å². The number of hydrogen-bond acceptors (Lipinski definition) is 2. The zero-order valence-corrected chi connectivity index (χ0v) is 14.3. The summed E-state index contributed by atoms with van der Waals surface area (Å²) in [5, 5.41) is 2.90. The van der Waals surface area contributed by atoms with Crippen LogP contribution in [0.5, 0.6) is 5.75 Å². The van der Waals surface area contributed by atoms with Crippen LogP contribution in [0.2, 0.25) is 0 Å². The van der Waals surface area contributed by atoms with Crippen molar-refractivity contribution < 1.29 is 9.53 Å². The van der Waals surface area contributed by atoms with Crippen molar-refractivity contribution in [2.75, 3.05) is 12.4 Å². The highest BCUT2D eigenvalue weighted by atomic mass is 16.5. The molecular formula is C20H25NO2. The SMILES string of the molecule is COc1ccccc1NC(=O)CCc1ccc(C(C)(C)C)cc1. The van der Waals surface area contributed by atoms with E-state index in [4.69, 9.17) is 4.74 Å². The first-order valence-electron chi connectivity index (χ1n) is 7.92. The molecule has 1 amide bonds. The van der Waals surface area contributed by atoms with Gasteiger partial charge in [-0.1, -0.05) is 57.2 Å². The Kier molecular flexibility index (Phi) is 5.43. The van der Waals surface area contributed by atoms with Crippen molar-refractivity contribution in [3.05, 3.63) is 59.7 Å².